The third-order valence-corrected chi connectivity index (χ3v) is 3.79. The molecule has 0 spiro atoms. The molecule has 0 unspecified atom stereocenters. The normalized spacial score (nSPS) is 12.7. The van der Waals surface area contributed by atoms with Gasteiger partial charge >= 0.3 is 0 Å². The topological polar surface area (TPSA) is 54.2 Å². The molecule has 2 aromatic heterocycles. The average molecular weight is 317 g/mol. The number of anilines is 1. The summed E-state index contributed by atoms with van der Waals surface area (Å²) in [6, 6.07) is 9.59. The standard InChI is InChI=1S/C16H17ClN4O/c1-21(2)14(15-4-3-7-22-15)9-18-16-12-6-5-11(17)8-13(12)19-10-20-16/h3-8,10,14H,9H2,1-2H3,(H,18,19,20)/t14-/m1/s1. The van der Waals surface area contributed by atoms with Crippen LogP contribution >= 0.6 is 11.6 Å². The fraction of sp³-hybridized carbons (Fsp3) is 0.250. The summed E-state index contributed by atoms with van der Waals surface area (Å²) >= 11 is 6.01. The second kappa shape index (κ2) is 6.34. The van der Waals surface area contributed by atoms with E-state index < -0.39 is 0 Å². The van der Waals surface area contributed by atoms with Crippen molar-refractivity contribution in [3.05, 3.63) is 53.7 Å². The number of rotatable bonds is 5. The predicted octanol–water partition coefficient (Wildman–Crippen LogP) is 3.59. The van der Waals surface area contributed by atoms with E-state index in [0.29, 0.717) is 11.6 Å². The number of nitrogens with zero attached hydrogens (tertiary/aromatic N) is 3. The van der Waals surface area contributed by atoms with Gasteiger partial charge in [0, 0.05) is 17.0 Å². The Morgan fingerprint density at radius 1 is 1.27 bits per heavy atom. The van der Waals surface area contributed by atoms with E-state index in [1.54, 1.807) is 12.6 Å². The van der Waals surface area contributed by atoms with Gasteiger partial charge in [0.2, 0.25) is 0 Å². The Kier molecular flexibility index (Phi) is 4.27. The van der Waals surface area contributed by atoms with Gasteiger partial charge in [-0.15, -0.1) is 0 Å². The molecule has 5 nitrogen and oxygen atoms in total. The van der Waals surface area contributed by atoms with Crippen LogP contribution in [-0.4, -0.2) is 35.5 Å². The smallest absolute Gasteiger partial charge is 0.137 e. The van der Waals surface area contributed by atoms with E-state index in [2.05, 4.69) is 20.2 Å². The number of hydrogen-bond acceptors (Lipinski definition) is 5. The van der Waals surface area contributed by atoms with Gasteiger partial charge in [-0.05, 0) is 44.4 Å². The minimum atomic E-state index is 0.118. The van der Waals surface area contributed by atoms with E-state index in [1.807, 2.05) is 44.4 Å². The van der Waals surface area contributed by atoms with Gasteiger partial charge in [-0.25, -0.2) is 9.97 Å². The Bertz CT molecular complexity index is 758. The quantitative estimate of drug-likeness (QED) is 0.779. The van der Waals surface area contributed by atoms with Crippen molar-refractivity contribution in [3.63, 3.8) is 0 Å². The van der Waals surface area contributed by atoms with Crippen molar-refractivity contribution in [1.82, 2.24) is 14.9 Å². The summed E-state index contributed by atoms with van der Waals surface area (Å²) in [5.41, 5.74) is 0.824. The molecule has 3 aromatic rings. The van der Waals surface area contributed by atoms with Crippen molar-refractivity contribution < 1.29 is 4.42 Å². The number of likely N-dealkylation sites (N-methyl/N-ethyl adjacent to an activating group) is 1. The number of fused-ring (bicyclic) bond motifs is 1. The summed E-state index contributed by atoms with van der Waals surface area (Å²) in [6.45, 7) is 0.676. The molecular weight excluding hydrogens is 300 g/mol. The molecule has 1 N–H and O–H groups in total. The summed E-state index contributed by atoms with van der Waals surface area (Å²) in [7, 11) is 4.04. The van der Waals surface area contributed by atoms with Crippen LogP contribution in [0, 0.1) is 0 Å². The Labute approximate surface area is 133 Å². The lowest BCUT2D eigenvalue weighted by Gasteiger charge is -2.23. The van der Waals surface area contributed by atoms with Gasteiger partial charge < -0.3 is 9.73 Å². The Morgan fingerprint density at radius 3 is 2.86 bits per heavy atom. The summed E-state index contributed by atoms with van der Waals surface area (Å²) in [5, 5.41) is 4.99. The summed E-state index contributed by atoms with van der Waals surface area (Å²) < 4.78 is 5.52. The van der Waals surface area contributed by atoms with Crippen LogP contribution in [0.3, 0.4) is 0 Å². The number of benzene rings is 1. The predicted molar refractivity (Wildman–Crippen MR) is 88.2 cm³/mol. The van der Waals surface area contributed by atoms with Gasteiger partial charge in [0.15, 0.2) is 0 Å². The minimum absolute atomic E-state index is 0.118. The van der Waals surface area contributed by atoms with Crippen LogP contribution in [0.15, 0.2) is 47.3 Å². The van der Waals surface area contributed by atoms with Crippen LogP contribution in [0.25, 0.3) is 10.9 Å². The lowest BCUT2D eigenvalue weighted by atomic mass is 10.2. The highest BCUT2D eigenvalue weighted by atomic mass is 35.5. The van der Waals surface area contributed by atoms with Crippen molar-refractivity contribution in [2.45, 2.75) is 6.04 Å². The highest BCUT2D eigenvalue weighted by Gasteiger charge is 2.17. The summed E-state index contributed by atoms with van der Waals surface area (Å²) in [5.74, 6) is 1.71. The first-order chi connectivity index (χ1) is 10.6. The molecular formula is C16H17ClN4O. The van der Waals surface area contributed by atoms with E-state index in [1.165, 1.54) is 0 Å². The minimum Gasteiger partial charge on any atom is -0.468 e. The molecule has 0 aliphatic heterocycles. The van der Waals surface area contributed by atoms with E-state index >= 15 is 0 Å². The Hall–Kier alpha value is -2.11. The first-order valence-electron chi connectivity index (χ1n) is 6.99. The highest BCUT2D eigenvalue weighted by molar-refractivity contribution is 6.31. The molecule has 2 heterocycles. The Morgan fingerprint density at radius 2 is 2.14 bits per heavy atom. The molecule has 6 heteroatoms. The molecule has 0 radical (unpaired) electrons. The second-order valence-corrected chi connectivity index (χ2v) is 5.70. The molecule has 1 atom stereocenters. The average Bonchev–Trinajstić information content (AvgIpc) is 3.01. The lowest BCUT2D eigenvalue weighted by molar-refractivity contribution is 0.269. The van der Waals surface area contributed by atoms with E-state index in [0.717, 1.165) is 22.5 Å². The van der Waals surface area contributed by atoms with Crippen LogP contribution in [-0.2, 0) is 0 Å². The molecule has 3 rings (SSSR count). The SMILES string of the molecule is CN(C)[C@H](CNc1ncnc2cc(Cl)ccc12)c1ccco1. The maximum absolute atomic E-state index is 6.01. The third kappa shape index (κ3) is 3.05. The summed E-state index contributed by atoms with van der Waals surface area (Å²) in [6.07, 6.45) is 3.23. The number of hydrogen-bond donors (Lipinski definition) is 1. The zero-order chi connectivity index (χ0) is 15.5. The summed E-state index contributed by atoms with van der Waals surface area (Å²) in [4.78, 5) is 10.7. The number of nitrogens with one attached hydrogen (secondary N) is 1. The van der Waals surface area contributed by atoms with Crippen molar-refractivity contribution >= 4 is 28.3 Å². The van der Waals surface area contributed by atoms with Gasteiger partial charge in [0.25, 0.3) is 0 Å². The fourth-order valence-corrected chi connectivity index (χ4v) is 2.55. The molecule has 1 aromatic carbocycles. The zero-order valence-corrected chi connectivity index (χ0v) is 13.2. The number of halogens is 1. The van der Waals surface area contributed by atoms with Crippen LogP contribution in [0.5, 0.6) is 0 Å². The molecule has 0 saturated carbocycles. The van der Waals surface area contributed by atoms with Gasteiger partial charge in [0.1, 0.15) is 17.9 Å². The van der Waals surface area contributed by atoms with Gasteiger partial charge in [-0.3, -0.25) is 4.90 Å². The van der Waals surface area contributed by atoms with E-state index in [-0.39, 0.29) is 6.04 Å². The first kappa shape index (κ1) is 14.8. The largest absolute Gasteiger partial charge is 0.468 e. The fourth-order valence-electron chi connectivity index (χ4n) is 2.38. The molecule has 0 fully saturated rings. The molecule has 114 valence electrons. The van der Waals surface area contributed by atoms with Crippen LogP contribution in [0.4, 0.5) is 5.82 Å². The Balaban J connectivity index is 1.84. The van der Waals surface area contributed by atoms with Crippen molar-refractivity contribution in [2.75, 3.05) is 26.0 Å². The molecule has 0 amide bonds. The van der Waals surface area contributed by atoms with Gasteiger partial charge in [-0.2, -0.15) is 0 Å². The number of aromatic nitrogens is 2. The van der Waals surface area contributed by atoms with Crippen molar-refractivity contribution in [2.24, 2.45) is 0 Å². The van der Waals surface area contributed by atoms with Crippen LogP contribution in [0.2, 0.25) is 5.02 Å². The van der Waals surface area contributed by atoms with Gasteiger partial charge in [0.05, 0.1) is 17.8 Å². The first-order valence-corrected chi connectivity index (χ1v) is 7.37. The van der Waals surface area contributed by atoms with Crippen LogP contribution in [0.1, 0.15) is 11.8 Å². The highest BCUT2D eigenvalue weighted by Crippen LogP contribution is 2.24. The third-order valence-electron chi connectivity index (χ3n) is 3.56. The van der Waals surface area contributed by atoms with Crippen molar-refractivity contribution in [1.29, 1.82) is 0 Å². The van der Waals surface area contributed by atoms with Crippen molar-refractivity contribution in [3.8, 4) is 0 Å². The molecule has 22 heavy (non-hydrogen) atoms. The lowest BCUT2D eigenvalue weighted by Crippen LogP contribution is -2.26. The molecule has 0 aliphatic carbocycles. The zero-order valence-electron chi connectivity index (χ0n) is 12.5. The van der Waals surface area contributed by atoms with Gasteiger partial charge in [-0.1, -0.05) is 11.6 Å². The second-order valence-electron chi connectivity index (χ2n) is 5.26. The molecule has 0 bridgehead atoms. The van der Waals surface area contributed by atoms with E-state index in [4.69, 9.17) is 16.0 Å². The van der Waals surface area contributed by atoms with E-state index in [9.17, 15) is 0 Å². The maximum Gasteiger partial charge on any atom is 0.137 e. The molecule has 0 aliphatic rings. The van der Waals surface area contributed by atoms with Crippen LogP contribution < -0.4 is 5.32 Å². The number of furan rings is 1. The monoisotopic (exact) mass is 316 g/mol. The molecule has 0 saturated heterocycles. The maximum atomic E-state index is 6.01.